The third-order valence-electron chi connectivity index (χ3n) is 4.16. The van der Waals surface area contributed by atoms with Crippen molar-refractivity contribution in [1.82, 2.24) is 29.9 Å². The van der Waals surface area contributed by atoms with Gasteiger partial charge in [0.25, 0.3) is 0 Å². The van der Waals surface area contributed by atoms with Crippen molar-refractivity contribution >= 4 is 16.9 Å². The van der Waals surface area contributed by atoms with E-state index in [-0.39, 0.29) is 0 Å². The number of ether oxygens (including phenoxy) is 1. The average Bonchev–Trinajstić information content (AvgIpc) is 3.29. The zero-order valence-electron chi connectivity index (χ0n) is 15.3. The monoisotopic (exact) mass is 365 g/mol. The molecule has 0 aromatic carbocycles. The fourth-order valence-corrected chi connectivity index (χ4v) is 2.88. The molecule has 27 heavy (non-hydrogen) atoms. The SMILES string of the molecule is COCc1nc(N(C)Cc2cc(-c3cccnc3)no2)c2cnn(C)c2n1. The summed E-state index contributed by atoms with van der Waals surface area (Å²) in [4.78, 5) is 15.2. The Morgan fingerprint density at radius 3 is 2.93 bits per heavy atom. The fourth-order valence-electron chi connectivity index (χ4n) is 2.88. The van der Waals surface area contributed by atoms with Crippen LogP contribution < -0.4 is 4.90 Å². The van der Waals surface area contributed by atoms with E-state index in [1.807, 2.05) is 37.2 Å². The number of methoxy groups -OCH3 is 1. The van der Waals surface area contributed by atoms with E-state index < -0.39 is 0 Å². The molecule has 4 aromatic rings. The molecule has 9 heteroatoms. The Bertz CT molecular complexity index is 1060. The number of fused-ring (bicyclic) bond motifs is 1. The van der Waals surface area contributed by atoms with Gasteiger partial charge in [0.05, 0.1) is 18.1 Å². The molecule has 0 radical (unpaired) electrons. The van der Waals surface area contributed by atoms with Gasteiger partial charge in [-0.2, -0.15) is 5.10 Å². The molecule has 0 aliphatic carbocycles. The summed E-state index contributed by atoms with van der Waals surface area (Å²) in [6.45, 7) is 0.829. The predicted molar refractivity (Wildman–Crippen MR) is 98.9 cm³/mol. The standard InChI is InChI=1S/C18H19N7O2/c1-24(10-13-7-15(23-27-13)12-5-4-6-19-8-12)17-14-9-20-25(2)18(14)22-16(21-17)11-26-3/h4-9H,10-11H2,1-3H3. The number of aryl methyl sites for hydroxylation is 1. The van der Waals surface area contributed by atoms with Crippen LogP contribution in [0.15, 0.2) is 41.3 Å². The Hall–Kier alpha value is -3.33. The van der Waals surface area contributed by atoms with E-state index in [9.17, 15) is 0 Å². The minimum Gasteiger partial charge on any atom is -0.377 e. The molecule has 0 aliphatic rings. The molecular formula is C18H19N7O2. The summed E-state index contributed by atoms with van der Waals surface area (Å²) >= 11 is 0. The van der Waals surface area contributed by atoms with Gasteiger partial charge >= 0.3 is 0 Å². The molecule has 4 heterocycles. The minimum absolute atomic E-state index is 0.329. The Morgan fingerprint density at radius 2 is 2.15 bits per heavy atom. The molecule has 4 rings (SSSR count). The van der Waals surface area contributed by atoms with Gasteiger partial charge in [-0.15, -0.1) is 0 Å². The van der Waals surface area contributed by atoms with Crippen molar-refractivity contribution in [2.24, 2.45) is 7.05 Å². The molecule has 0 spiro atoms. The molecule has 9 nitrogen and oxygen atoms in total. The molecule has 0 saturated heterocycles. The summed E-state index contributed by atoms with van der Waals surface area (Å²) in [5.41, 5.74) is 2.42. The van der Waals surface area contributed by atoms with Crippen LogP contribution in [0.4, 0.5) is 5.82 Å². The number of hydrogen-bond acceptors (Lipinski definition) is 8. The van der Waals surface area contributed by atoms with Gasteiger partial charge in [-0.3, -0.25) is 9.67 Å². The Balaban J connectivity index is 1.63. The van der Waals surface area contributed by atoms with Gasteiger partial charge < -0.3 is 14.2 Å². The van der Waals surface area contributed by atoms with Crippen molar-refractivity contribution in [1.29, 1.82) is 0 Å². The molecule has 0 aliphatic heterocycles. The summed E-state index contributed by atoms with van der Waals surface area (Å²) in [6, 6.07) is 5.72. The van der Waals surface area contributed by atoms with Crippen molar-refractivity contribution in [3.05, 3.63) is 48.4 Å². The van der Waals surface area contributed by atoms with E-state index in [0.29, 0.717) is 19.0 Å². The molecule has 0 amide bonds. The smallest absolute Gasteiger partial charge is 0.163 e. The maximum Gasteiger partial charge on any atom is 0.163 e. The molecule has 4 aromatic heterocycles. The lowest BCUT2D eigenvalue weighted by molar-refractivity contribution is 0.178. The number of nitrogens with zero attached hydrogens (tertiary/aromatic N) is 7. The lowest BCUT2D eigenvalue weighted by Gasteiger charge is -2.17. The summed E-state index contributed by atoms with van der Waals surface area (Å²) < 4.78 is 12.4. The largest absolute Gasteiger partial charge is 0.377 e. The van der Waals surface area contributed by atoms with E-state index in [4.69, 9.17) is 9.26 Å². The van der Waals surface area contributed by atoms with Crippen LogP contribution in [-0.4, -0.2) is 44.0 Å². The quantitative estimate of drug-likeness (QED) is 0.513. The van der Waals surface area contributed by atoms with Gasteiger partial charge in [0.1, 0.15) is 18.1 Å². The van der Waals surface area contributed by atoms with Crippen LogP contribution in [-0.2, 0) is 24.9 Å². The predicted octanol–water partition coefficient (Wildman–Crippen LogP) is 2.20. The highest BCUT2D eigenvalue weighted by atomic mass is 16.5. The zero-order chi connectivity index (χ0) is 18.8. The lowest BCUT2D eigenvalue weighted by atomic mass is 10.2. The molecular weight excluding hydrogens is 346 g/mol. The van der Waals surface area contributed by atoms with Gasteiger partial charge in [-0.05, 0) is 12.1 Å². The first kappa shape index (κ1) is 17.1. The third kappa shape index (κ3) is 3.36. The Kier molecular flexibility index (Phi) is 4.51. The molecule has 0 fully saturated rings. The molecule has 0 saturated carbocycles. The molecule has 0 unspecified atom stereocenters. The number of aromatic nitrogens is 6. The summed E-state index contributed by atoms with van der Waals surface area (Å²) in [5.74, 6) is 2.09. The summed E-state index contributed by atoms with van der Waals surface area (Å²) in [5, 5.41) is 9.30. The van der Waals surface area contributed by atoms with E-state index in [2.05, 4.69) is 25.2 Å². The zero-order valence-corrected chi connectivity index (χ0v) is 15.3. The van der Waals surface area contributed by atoms with Crippen molar-refractivity contribution in [2.45, 2.75) is 13.2 Å². The van der Waals surface area contributed by atoms with Gasteiger partial charge in [0.15, 0.2) is 17.2 Å². The highest BCUT2D eigenvalue weighted by molar-refractivity contribution is 5.86. The summed E-state index contributed by atoms with van der Waals surface area (Å²) in [7, 11) is 5.42. The first-order chi connectivity index (χ1) is 13.2. The lowest BCUT2D eigenvalue weighted by Crippen LogP contribution is -2.19. The second-order valence-electron chi connectivity index (χ2n) is 6.18. The number of rotatable bonds is 6. The van der Waals surface area contributed by atoms with Crippen molar-refractivity contribution in [3.63, 3.8) is 0 Å². The van der Waals surface area contributed by atoms with E-state index in [0.717, 1.165) is 33.9 Å². The maximum atomic E-state index is 5.50. The maximum absolute atomic E-state index is 5.50. The minimum atomic E-state index is 0.329. The third-order valence-corrected chi connectivity index (χ3v) is 4.16. The second kappa shape index (κ2) is 7.12. The first-order valence-corrected chi connectivity index (χ1v) is 8.40. The fraction of sp³-hybridized carbons (Fsp3) is 0.278. The van der Waals surface area contributed by atoms with Crippen molar-refractivity contribution in [3.8, 4) is 11.3 Å². The van der Waals surface area contributed by atoms with Crippen LogP contribution in [0.3, 0.4) is 0 Å². The highest BCUT2D eigenvalue weighted by Crippen LogP contribution is 2.25. The van der Waals surface area contributed by atoms with Gasteiger partial charge in [0.2, 0.25) is 0 Å². The number of anilines is 1. The van der Waals surface area contributed by atoms with E-state index in [1.54, 1.807) is 30.4 Å². The van der Waals surface area contributed by atoms with Crippen molar-refractivity contribution in [2.75, 3.05) is 19.1 Å². The van der Waals surface area contributed by atoms with Crippen LogP contribution >= 0.6 is 0 Å². The number of hydrogen-bond donors (Lipinski definition) is 0. The van der Waals surface area contributed by atoms with Gasteiger partial charge in [-0.25, -0.2) is 9.97 Å². The first-order valence-electron chi connectivity index (χ1n) is 8.40. The Labute approximate surface area is 155 Å². The van der Waals surface area contributed by atoms with E-state index >= 15 is 0 Å². The molecule has 0 N–H and O–H groups in total. The van der Waals surface area contributed by atoms with Gasteiger partial charge in [0, 0.05) is 45.2 Å². The molecule has 0 atom stereocenters. The van der Waals surface area contributed by atoms with Crippen LogP contribution in [0, 0.1) is 0 Å². The topological polar surface area (TPSA) is 95.0 Å². The van der Waals surface area contributed by atoms with Crippen LogP contribution in [0.25, 0.3) is 22.3 Å². The average molecular weight is 365 g/mol. The second-order valence-corrected chi connectivity index (χ2v) is 6.18. The van der Waals surface area contributed by atoms with E-state index in [1.165, 1.54) is 0 Å². The van der Waals surface area contributed by atoms with Crippen LogP contribution in [0.5, 0.6) is 0 Å². The van der Waals surface area contributed by atoms with Crippen molar-refractivity contribution < 1.29 is 9.26 Å². The molecule has 0 bridgehead atoms. The number of pyridine rings is 1. The summed E-state index contributed by atoms with van der Waals surface area (Å²) in [6.07, 6.45) is 5.25. The Morgan fingerprint density at radius 1 is 1.26 bits per heavy atom. The highest BCUT2D eigenvalue weighted by Gasteiger charge is 2.17. The van der Waals surface area contributed by atoms with Crippen LogP contribution in [0.2, 0.25) is 0 Å². The molecule has 138 valence electrons. The van der Waals surface area contributed by atoms with Gasteiger partial charge in [-0.1, -0.05) is 5.16 Å². The van der Waals surface area contributed by atoms with Crippen LogP contribution in [0.1, 0.15) is 11.6 Å². The normalized spacial score (nSPS) is 11.2.